The van der Waals surface area contributed by atoms with E-state index in [1.807, 2.05) is 13.2 Å². The number of hydrogen-bond acceptors (Lipinski definition) is 1. The second-order valence-electron chi connectivity index (χ2n) is 4.44. The number of rotatable bonds is 2. The Morgan fingerprint density at radius 2 is 1.57 bits per heavy atom. The lowest BCUT2D eigenvalue weighted by Gasteiger charge is -2.46. The summed E-state index contributed by atoms with van der Waals surface area (Å²) in [5, 5.41) is 0. The van der Waals surface area contributed by atoms with Crippen molar-refractivity contribution < 1.29 is 4.18 Å². The average molecular weight is 212 g/mol. The molecule has 0 saturated carbocycles. The van der Waals surface area contributed by atoms with Crippen LogP contribution in [0.5, 0.6) is 0 Å². The van der Waals surface area contributed by atoms with Crippen molar-refractivity contribution >= 4 is 10.3 Å². The molecule has 0 fully saturated rings. The van der Waals surface area contributed by atoms with E-state index in [4.69, 9.17) is 4.18 Å². The molecule has 14 heavy (non-hydrogen) atoms. The Kier molecular flexibility index (Phi) is 3.28. The molecule has 1 nitrogen and oxygen atoms in total. The molecule has 0 amide bonds. The first-order valence-electron chi connectivity index (χ1n) is 4.80. The molecule has 0 aromatic heterocycles. The molecular weight excluding hydrogens is 192 g/mol. The maximum atomic E-state index is 5.77. The number of hydrogen-bond donors (Lipinski definition) is 0. The van der Waals surface area contributed by atoms with E-state index < -0.39 is 10.3 Å². The van der Waals surface area contributed by atoms with Gasteiger partial charge in [-0.15, -0.1) is 10.3 Å². The Hall–Kier alpha value is -0.470. The first-order valence-corrected chi connectivity index (χ1v) is 6.77. The second kappa shape index (κ2) is 3.95. The van der Waals surface area contributed by atoms with Crippen molar-refractivity contribution in [2.24, 2.45) is 0 Å². The second-order valence-corrected chi connectivity index (χ2v) is 8.15. The van der Waals surface area contributed by atoms with Crippen molar-refractivity contribution in [2.45, 2.75) is 30.4 Å². The molecule has 0 heterocycles. The van der Waals surface area contributed by atoms with Crippen LogP contribution in [0.4, 0.5) is 0 Å². The third-order valence-corrected chi connectivity index (χ3v) is 6.87. The van der Waals surface area contributed by atoms with Crippen LogP contribution in [0.15, 0.2) is 35.2 Å². The summed E-state index contributed by atoms with van der Waals surface area (Å²) in [5.74, 6) is 0. The predicted molar refractivity (Wildman–Crippen MR) is 65.0 cm³/mol. The van der Waals surface area contributed by atoms with Crippen LogP contribution >= 0.6 is 10.3 Å². The predicted octanol–water partition coefficient (Wildman–Crippen LogP) is 3.84. The molecule has 0 radical (unpaired) electrons. The van der Waals surface area contributed by atoms with Crippen molar-refractivity contribution in [3.8, 4) is 0 Å². The van der Waals surface area contributed by atoms with Gasteiger partial charge < -0.3 is 4.18 Å². The lowest BCUT2D eigenvalue weighted by molar-refractivity contribution is 0.448. The van der Waals surface area contributed by atoms with Crippen LogP contribution in [0.2, 0.25) is 0 Å². The normalized spacial score (nSPS) is 18.6. The third-order valence-electron chi connectivity index (χ3n) is 2.69. The van der Waals surface area contributed by atoms with Crippen LogP contribution in [-0.4, -0.2) is 18.1 Å². The minimum Gasteiger partial charge on any atom is -0.335 e. The minimum absolute atomic E-state index is 0.170. The summed E-state index contributed by atoms with van der Waals surface area (Å²) in [6, 6.07) is 10.5. The van der Waals surface area contributed by atoms with E-state index in [1.54, 1.807) is 0 Å². The van der Waals surface area contributed by atoms with Crippen LogP contribution in [0.1, 0.15) is 20.8 Å². The molecule has 0 aliphatic carbocycles. The van der Waals surface area contributed by atoms with Crippen molar-refractivity contribution in [1.82, 2.24) is 0 Å². The Balaban J connectivity index is 3.15. The highest BCUT2D eigenvalue weighted by Gasteiger charge is 2.33. The fourth-order valence-corrected chi connectivity index (χ4v) is 3.46. The Bertz CT molecular complexity index is 289. The lowest BCUT2D eigenvalue weighted by atomic mass is 10.3. The summed E-state index contributed by atoms with van der Waals surface area (Å²) in [4.78, 5) is 1.31. The van der Waals surface area contributed by atoms with E-state index in [1.165, 1.54) is 4.90 Å². The van der Waals surface area contributed by atoms with E-state index in [0.29, 0.717) is 0 Å². The Labute approximate surface area is 89.0 Å². The van der Waals surface area contributed by atoms with E-state index in [-0.39, 0.29) is 4.75 Å². The molecule has 0 spiro atoms. The highest BCUT2D eigenvalue weighted by Crippen LogP contribution is 2.62. The van der Waals surface area contributed by atoms with Gasteiger partial charge in [-0.1, -0.05) is 39.0 Å². The van der Waals surface area contributed by atoms with Gasteiger partial charge in [0.25, 0.3) is 0 Å². The van der Waals surface area contributed by atoms with Gasteiger partial charge in [-0.25, -0.2) is 0 Å². The van der Waals surface area contributed by atoms with Crippen LogP contribution < -0.4 is 0 Å². The lowest BCUT2D eigenvalue weighted by Crippen LogP contribution is -2.25. The van der Waals surface area contributed by atoms with Gasteiger partial charge in [0.1, 0.15) is 0 Å². The Morgan fingerprint density at radius 1 is 1.07 bits per heavy atom. The first-order chi connectivity index (χ1) is 6.42. The standard InChI is InChI=1S/C12H20OS/c1-12(2,3)14(5,13-4)11-9-7-6-8-10-11/h6-10H,1-5H3. The largest absolute Gasteiger partial charge is 0.335 e. The van der Waals surface area contributed by atoms with Gasteiger partial charge >= 0.3 is 0 Å². The van der Waals surface area contributed by atoms with Crippen molar-refractivity contribution in [3.63, 3.8) is 0 Å². The minimum atomic E-state index is -1.17. The Morgan fingerprint density at radius 3 is 1.93 bits per heavy atom. The smallest absolute Gasteiger partial charge is 0.0486 e. The van der Waals surface area contributed by atoms with E-state index in [0.717, 1.165) is 0 Å². The molecule has 80 valence electrons. The van der Waals surface area contributed by atoms with Crippen LogP contribution in [0.3, 0.4) is 0 Å². The molecular formula is C12H20OS. The van der Waals surface area contributed by atoms with Gasteiger partial charge in [0, 0.05) is 16.8 Å². The van der Waals surface area contributed by atoms with E-state index in [9.17, 15) is 0 Å². The average Bonchev–Trinajstić information content (AvgIpc) is 2.16. The van der Waals surface area contributed by atoms with E-state index >= 15 is 0 Å². The molecule has 0 aliphatic rings. The quantitative estimate of drug-likeness (QED) is 0.723. The van der Waals surface area contributed by atoms with Gasteiger partial charge in [0.15, 0.2) is 0 Å². The van der Waals surface area contributed by atoms with Crippen molar-refractivity contribution in [3.05, 3.63) is 30.3 Å². The van der Waals surface area contributed by atoms with Crippen molar-refractivity contribution in [2.75, 3.05) is 13.4 Å². The molecule has 0 N–H and O–H groups in total. The maximum absolute atomic E-state index is 5.77. The summed E-state index contributed by atoms with van der Waals surface area (Å²) in [6.45, 7) is 6.70. The zero-order chi connectivity index (χ0) is 10.8. The maximum Gasteiger partial charge on any atom is 0.0486 e. The van der Waals surface area contributed by atoms with Gasteiger partial charge in [-0.05, 0) is 18.4 Å². The third kappa shape index (κ3) is 1.96. The van der Waals surface area contributed by atoms with E-state index in [2.05, 4.69) is 51.3 Å². The fourth-order valence-electron chi connectivity index (χ4n) is 1.38. The zero-order valence-electron chi connectivity index (χ0n) is 9.70. The summed E-state index contributed by atoms with van der Waals surface area (Å²) >= 11 is 0. The molecule has 2 heteroatoms. The van der Waals surface area contributed by atoms with Gasteiger partial charge in [0.2, 0.25) is 0 Å². The highest BCUT2D eigenvalue weighted by molar-refractivity contribution is 8.30. The summed E-state index contributed by atoms with van der Waals surface area (Å²) in [7, 11) is 0.641. The summed E-state index contributed by atoms with van der Waals surface area (Å²) in [6.07, 6.45) is 2.22. The molecule has 0 aliphatic heterocycles. The molecule has 1 unspecified atom stereocenters. The van der Waals surface area contributed by atoms with Gasteiger partial charge in [0.05, 0.1) is 0 Å². The fraction of sp³-hybridized carbons (Fsp3) is 0.500. The molecule has 1 rings (SSSR count). The molecule has 1 atom stereocenters. The van der Waals surface area contributed by atoms with Crippen LogP contribution in [0, 0.1) is 0 Å². The molecule has 1 aromatic rings. The topological polar surface area (TPSA) is 9.23 Å². The molecule has 0 bridgehead atoms. The first kappa shape index (κ1) is 11.6. The summed E-state index contributed by atoms with van der Waals surface area (Å²) < 4.78 is 5.94. The van der Waals surface area contributed by atoms with Crippen molar-refractivity contribution in [1.29, 1.82) is 0 Å². The SMILES string of the molecule is COS(C)(c1ccccc1)C(C)(C)C. The van der Waals surface area contributed by atoms with Crippen LogP contribution in [-0.2, 0) is 4.18 Å². The number of benzene rings is 1. The summed E-state index contributed by atoms with van der Waals surface area (Å²) in [5.41, 5.74) is 0. The van der Waals surface area contributed by atoms with Gasteiger partial charge in [-0.2, -0.15) is 0 Å². The van der Waals surface area contributed by atoms with Gasteiger partial charge in [-0.3, -0.25) is 0 Å². The highest BCUT2D eigenvalue weighted by atomic mass is 32.3. The molecule has 1 aromatic carbocycles. The molecule has 0 saturated heterocycles. The zero-order valence-corrected chi connectivity index (χ0v) is 10.5. The van der Waals surface area contributed by atoms with Crippen LogP contribution in [0.25, 0.3) is 0 Å². The monoisotopic (exact) mass is 212 g/mol.